The molecule has 0 radical (unpaired) electrons. The number of benzene rings is 2. The van der Waals surface area contributed by atoms with Gasteiger partial charge in [-0.15, -0.1) is 0 Å². The first kappa shape index (κ1) is 15.0. The third kappa shape index (κ3) is 3.81. The molecule has 0 N–H and O–H groups in total. The number of halogens is 1. The summed E-state index contributed by atoms with van der Waals surface area (Å²) >= 11 is 0. The summed E-state index contributed by atoms with van der Waals surface area (Å²) < 4.78 is 24.8. The van der Waals surface area contributed by atoms with Crippen molar-refractivity contribution in [3.8, 4) is 17.2 Å². The molecule has 2 aromatic carbocycles. The number of carbonyl (C=O) groups excluding carboxylic acids is 1. The van der Waals surface area contributed by atoms with Crippen LogP contribution in [0.3, 0.4) is 0 Å². The highest BCUT2D eigenvalue weighted by Gasteiger charge is 2.14. The molecule has 0 spiro atoms. The van der Waals surface area contributed by atoms with Crippen LogP contribution in [0.5, 0.6) is 17.2 Å². The number of hydrogen-bond donors (Lipinski definition) is 0. The van der Waals surface area contributed by atoms with Gasteiger partial charge in [0, 0.05) is 0 Å². The molecule has 0 amide bonds. The molecule has 0 fully saturated rings. The van der Waals surface area contributed by atoms with Crippen LogP contribution in [0.1, 0.15) is 30.6 Å². The van der Waals surface area contributed by atoms with E-state index in [4.69, 9.17) is 9.47 Å². The Kier molecular flexibility index (Phi) is 4.93. The van der Waals surface area contributed by atoms with E-state index in [0.29, 0.717) is 12.4 Å². The van der Waals surface area contributed by atoms with Crippen molar-refractivity contribution in [1.29, 1.82) is 0 Å². The zero-order valence-corrected chi connectivity index (χ0v) is 12.1. The lowest BCUT2D eigenvalue weighted by molar-refractivity contribution is 0.101. The van der Waals surface area contributed by atoms with Crippen LogP contribution in [0.15, 0.2) is 42.5 Å². The maximum absolute atomic E-state index is 13.8. The normalized spacial score (nSPS) is 10.2. The zero-order chi connectivity index (χ0) is 15.2. The number of Topliss-reactive ketones (excluding diaryl/α,β-unsaturated/α-hetero) is 1. The minimum Gasteiger partial charge on any atom is -0.494 e. The van der Waals surface area contributed by atoms with Crippen molar-refractivity contribution >= 4 is 5.78 Å². The fourth-order valence-electron chi connectivity index (χ4n) is 1.83. The molecule has 2 rings (SSSR count). The van der Waals surface area contributed by atoms with E-state index in [0.717, 1.165) is 12.2 Å². The lowest BCUT2D eigenvalue weighted by Crippen LogP contribution is -1.99. The second-order valence-electron chi connectivity index (χ2n) is 4.59. The minimum atomic E-state index is -0.561. The Morgan fingerprint density at radius 1 is 1.10 bits per heavy atom. The quantitative estimate of drug-likeness (QED) is 0.728. The van der Waals surface area contributed by atoms with Gasteiger partial charge in [0.1, 0.15) is 11.5 Å². The number of carbonyl (C=O) groups is 1. The molecule has 0 aromatic heterocycles. The first-order valence-electron chi connectivity index (χ1n) is 6.82. The van der Waals surface area contributed by atoms with Crippen molar-refractivity contribution in [2.24, 2.45) is 0 Å². The maximum Gasteiger partial charge on any atom is 0.173 e. The summed E-state index contributed by atoms with van der Waals surface area (Å²) in [4.78, 5) is 11.5. The molecule has 2 aromatic rings. The van der Waals surface area contributed by atoms with Crippen LogP contribution >= 0.6 is 0 Å². The number of para-hydroxylation sites is 1. The molecule has 0 aliphatic rings. The predicted molar refractivity (Wildman–Crippen MR) is 78.7 cm³/mol. The Morgan fingerprint density at radius 2 is 1.76 bits per heavy atom. The minimum absolute atomic E-state index is 0.0489. The van der Waals surface area contributed by atoms with Crippen molar-refractivity contribution in [2.75, 3.05) is 6.61 Å². The molecule has 0 saturated heterocycles. The van der Waals surface area contributed by atoms with Gasteiger partial charge in [0.2, 0.25) is 0 Å². The predicted octanol–water partition coefficient (Wildman–Crippen LogP) is 4.61. The van der Waals surface area contributed by atoms with E-state index in [2.05, 4.69) is 0 Å². The molecular weight excluding hydrogens is 271 g/mol. The second-order valence-corrected chi connectivity index (χ2v) is 4.59. The molecule has 0 saturated carbocycles. The summed E-state index contributed by atoms with van der Waals surface area (Å²) in [6.07, 6.45) is 0.926. The molecule has 21 heavy (non-hydrogen) atoms. The lowest BCUT2D eigenvalue weighted by Gasteiger charge is -2.11. The van der Waals surface area contributed by atoms with Crippen molar-refractivity contribution in [3.05, 3.63) is 53.8 Å². The van der Waals surface area contributed by atoms with Crippen LogP contribution in [0.2, 0.25) is 0 Å². The van der Waals surface area contributed by atoms with Crippen LogP contribution in [0, 0.1) is 5.82 Å². The van der Waals surface area contributed by atoms with E-state index in [9.17, 15) is 9.18 Å². The van der Waals surface area contributed by atoms with Crippen LogP contribution in [0.25, 0.3) is 0 Å². The van der Waals surface area contributed by atoms with E-state index in [1.54, 1.807) is 30.3 Å². The molecular formula is C17H17FO3. The summed E-state index contributed by atoms with van der Waals surface area (Å²) in [6.45, 7) is 4.05. The lowest BCUT2D eigenvalue weighted by atomic mass is 10.1. The third-order valence-corrected chi connectivity index (χ3v) is 2.86. The number of hydrogen-bond acceptors (Lipinski definition) is 3. The SMILES string of the molecule is CCCOc1ccc(Oc2c(F)cccc2C(C)=O)cc1. The first-order chi connectivity index (χ1) is 10.1. The number of rotatable bonds is 6. The van der Waals surface area contributed by atoms with Crippen LogP contribution < -0.4 is 9.47 Å². The van der Waals surface area contributed by atoms with Gasteiger partial charge >= 0.3 is 0 Å². The number of ketones is 1. The van der Waals surface area contributed by atoms with E-state index >= 15 is 0 Å². The average Bonchev–Trinajstić information content (AvgIpc) is 2.48. The highest BCUT2D eigenvalue weighted by molar-refractivity contribution is 5.96. The zero-order valence-electron chi connectivity index (χ0n) is 12.1. The van der Waals surface area contributed by atoms with E-state index < -0.39 is 5.82 Å². The van der Waals surface area contributed by atoms with Gasteiger partial charge in [-0.2, -0.15) is 0 Å². The van der Waals surface area contributed by atoms with Gasteiger partial charge in [-0.25, -0.2) is 4.39 Å². The molecule has 0 heterocycles. The second kappa shape index (κ2) is 6.88. The van der Waals surface area contributed by atoms with E-state index in [1.807, 2.05) is 6.92 Å². The Labute approximate surface area is 123 Å². The first-order valence-corrected chi connectivity index (χ1v) is 6.82. The molecule has 0 aliphatic heterocycles. The van der Waals surface area contributed by atoms with Gasteiger partial charge in [0.15, 0.2) is 17.3 Å². The summed E-state index contributed by atoms with van der Waals surface area (Å²) in [5.41, 5.74) is 0.223. The van der Waals surface area contributed by atoms with Gasteiger partial charge in [-0.05, 0) is 49.7 Å². The fourth-order valence-corrected chi connectivity index (χ4v) is 1.83. The van der Waals surface area contributed by atoms with E-state index in [1.165, 1.54) is 19.1 Å². The van der Waals surface area contributed by atoms with Crippen molar-refractivity contribution in [3.63, 3.8) is 0 Å². The Hall–Kier alpha value is -2.36. The summed E-state index contributed by atoms with van der Waals surface area (Å²) in [5, 5.41) is 0. The Morgan fingerprint density at radius 3 is 2.38 bits per heavy atom. The van der Waals surface area contributed by atoms with Gasteiger partial charge < -0.3 is 9.47 Å². The fraction of sp³-hybridized carbons (Fsp3) is 0.235. The molecule has 3 nitrogen and oxygen atoms in total. The molecule has 110 valence electrons. The monoisotopic (exact) mass is 288 g/mol. The summed E-state index contributed by atoms with van der Waals surface area (Å²) in [5.74, 6) is 0.324. The van der Waals surface area contributed by atoms with Crippen LogP contribution in [0.4, 0.5) is 4.39 Å². The van der Waals surface area contributed by atoms with Crippen molar-refractivity contribution in [1.82, 2.24) is 0 Å². The Balaban J connectivity index is 2.20. The smallest absolute Gasteiger partial charge is 0.173 e. The summed E-state index contributed by atoms with van der Waals surface area (Å²) in [6, 6.07) is 11.2. The largest absolute Gasteiger partial charge is 0.494 e. The van der Waals surface area contributed by atoms with Crippen LogP contribution in [-0.2, 0) is 0 Å². The van der Waals surface area contributed by atoms with Crippen LogP contribution in [-0.4, -0.2) is 12.4 Å². The molecule has 0 aliphatic carbocycles. The van der Waals surface area contributed by atoms with E-state index in [-0.39, 0.29) is 17.1 Å². The summed E-state index contributed by atoms with van der Waals surface area (Å²) in [7, 11) is 0. The van der Waals surface area contributed by atoms with Gasteiger partial charge in [0.05, 0.1) is 12.2 Å². The van der Waals surface area contributed by atoms with Crippen molar-refractivity contribution in [2.45, 2.75) is 20.3 Å². The third-order valence-electron chi connectivity index (χ3n) is 2.86. The van der Waals surface area contributed by atoms with Crippen molar-refractivity contribution < 1.29 is 18.7 Å². The maximum atomic E-state index is 13.8. The number of ether oxygens (including phenoxy) is 2. The topological polar surface area (TPSA) is 35.5 Å². The Bertz CT molecular complexity index is 620. The standard InChI is InChI=1S/C17H17FO3/c1-3-11-20-13-7-9-14(10-8-13)21-17-15(12(2)19)5-4-6-16(17)18/h4-10H,3,11H2,1-2H3. The molecule has 0 bridgehead atoms. The molecule has 4 heteroatoms. The van der Waals surface area contributed by atoms with Gasteiger partial charge in [0.25, 0.3) is 0 Å². The highest BCUT2D eigenvalue weighted by Crippen LogP contribution is 2.29. The average molecular weight is 288 g/mol. The highest BCUT2D eigenvalue weighted by atomic mass is 19.1. The van der Waals surface area contributed by atoms with Gasteiger partial charge in [-0.1, -0.05) is 13.0 Å². The van der Waals surface area contributed by atoms with Gasteiger partial charge in [-0.3, -0.25) is 4.79 Å². The molecule has 0 atom stereocenters. The molecule has 0 unspecified atom stereocenters.